The largest absolute Gasteiger partial charge is 0.493 e. The zero-order chi connectivity index (χ0) is 25.3. The molecule has 1 aromatic carbocycles. The van der Waals surface area contributed by atoms with E-state index in [4.69, 9.17) is 14.2 Å². The third-order valence-corrected chi connectivity index (χ3v) is 8.11. The van der Waals surface area contributed by atoms with E-state index >= 15 is 0 Å². The van der Waals surface area contributed by atoms with Crippen molar-refractivity contribution in [3.63, 3.8) is 0 Å². The molecule has 0 bridgehead atoms. The van der Waals surface area contributed by atoms with Crippen molar-refractivity contribution in [3.8, 4) is 5.75 Å². The van der Waals surface area contributed by atoms with Crippen LogP contribution in [-0.4, -0.2) is 73.4 Å². The smallest absolute Gasteiger partial charge is 0.410 e. The summed E-state index contributed by atoms with van der Waals surface area (Å²) in [6, 6.07) is 6.19. The van der Waals surface area contributed by atoms with E-state index in [0.717, 1.165) is 76.4 Å². The van der Waals surface area contributed by atoms with E-state index in [1.165, 1.54) is 18.4 Å². The summed E-state index contributed by atoms with van der Waals surface area (Å²) in [6.07, 6.45) is 6.09. The van der Waals surface area contributed by atoms with Crippen LogP contribution >= 0.6 is 0 Å². The molecule has 7 heteroatoms. The highest BCUT2D eigenvalue weighted by molar-refractivity contribution is 5.95. The van der Waals surface area contributed by atoms with Gasteiger partial charge >= 0.3 is 6.09 Å². The van der Waals surface area contributed by atoms with Crippen LogP contribution in [0.3, 0.4) is 0 Å². The van der Waals surface area contributed by atoms with Gasteiger partial charge in [0.1, 0.15) is 11.4 Å². The maximum atomic E-state index is 13.6. The summed E-state index contributed by atoms with van der Waals surface area (Å²) in [5.74, 6) is 2.86. The SMILES string of the molecule is CC(C)(C)OC(=O)N1C[C@H]2CCN(C(=O)c3cc(OCC4CCOCC4)cc(C4CC4)c3)CC[C@H]2C1. The van der Waals surface area contributed by atoms with Crippen LogP contribution in [-0.2, 0) is 9.47 Å². The van der Waals surface area contributed by atoms with Crippen LogP contribution < -0.4 is 4.74 Å². The van der Waals surface area contributed by atoms with Crippen LogP contribution in [0.5, 0.6) is 5.75 Å². The van der Waals surface area contributed by atoms with E-state index < -0.39 is 5.60 Å². The molecule has 4 fully saturated rings. The van der Waals surface area contributed by atoms with Crippen LogP contribution in [0, 0.1) is 17.8 Å². The average Bonchev–Trinajstić information content (AvgIpc) is 3.65. The first-order valence-corrected chi connectivity index (χ1v) is 13.9. The van der Waals surface area contributed by atoms with E-state index in [9.17, 15) is 9.59 Å². The molecule has 1 saturated carbocycles. The normalized spacial score (nSPS) is 25.3. The molecule has 3 heterocycles. The lowest BCUT2D eigenvalue weighted by atomic mass is 9.92. The summed E-state index contributed by atoms with van der Waals surface area (Å²) >= 11 is 0. The Hall–Kier alpha value is -2.28. The summed E-state index contributed by atoms with van der Waals surface area (Å²) in [5, 5.41) is 0. The number of carbonyl (C=O) groups is 2. The zero-order valence-corrected chi connectivity index (χ0v) is 22.2. The molecule has 5 rings (SSSR count). The fourth-order valence-corrected chi connectivity index (χ4v) is 5.82. The molecule has 0 spiro atoms. The van der Waals surface area contributed by atoms with E-state index in [1.54, 1.807) is 0 Å². The third kappa shape index (κ3) is 6.34. The van der Waals surface area contributed by atoms with Crippen LogP contribution in [0.1, 0.15) is 81.1 Å². The predicted octanol–water partition coefficient (Wildman–Crippen LogP) is 5.09. The number of fused-ring (bicyclic) bond motifs is 1. The number of hydrogen-bond donors (Lipinski definition) is 0. The van der Waals surface area contributed by atoms with Gasteiger partial charge in [0, 0.05) is 45.0 Å². The average molecular weight is 499 g/mol. The molecule has 2 atom stereocenters. The minimum absolute atomic E-state index is 0.109. The fraction of sp³-hybridized carbons (Fsp3) is 0.724. The summed E-state index contributed by atoms with van der Waals surface area (Å²) in [5.41, 5.74) is 1.51. The molecule has 0 unspecified atom stereocenters. The van der Waals surface area contributed by atoms with Gasteiger partial charge in [-0.1, -0.05) is 0 Å². The molecule has 36 heavy (non-hydrogen) atoms. The van der Waals surface area contributed by atoms with Crippen LogP contribution in [0.15, 0.2) is 18.2 Å². The molecule has 3 aliphatic heterocycles. The summed E-state index contributed by atoms with van der Waals surface area (Å²) in [7, 11) is 0. The second-order valence-electron chi connectivity index (χ2n) is 12.2. The highest BCUT2D eigenvalue weighted by atomic mass is 16.6. The van der Waals surface area contributed by atoms with Gasteiger partial charge in [-0.2, -0.15) is 0 Å². The monoisotopic (exact) mass is 498 g/mol. The Kier molecular flexibility index (Phi) is 7.47. The molecule has 0 aromatic heterocycles. The Morgan fingerprint density at radius 3 is 2.19 bits per heavy atom. The van der Waals surface area contributed by atoms with E-state index in [1.807, 2.05) is 36.6 Å². The van der Waals surface area contributed by atoms with Crippen molar-refractivity contribution in [2.24, 2.45) is 17.8 Å². The van der Waals surface area contributed by atoms with Gasteiger partial charge in [-0.25, -0.2) is 4.79 Å². The quantitative estimate of drug-likeness (QED) is 0.566. The molecule has 198 valence electrons. The zero-order valence-electron chi connectivity index (χ0n) is 22.2. The van der Waals surface area contributed by atoms with Crippen LogP contribution in [0.4, 0.5) is 4.79 Å². The van der Waals surface area contributed by atoms with Gasteiger partial charge in [0.25, 0.3) is 5.91 Å². The van der Waals surface area contributed by atoms with Gasteiger partial charge in [-0.3, -0.25) is 4.79 Å². The summed E-state index contributed by atoms with van der Waals surface area (Å²) in [4.78, 5) is 30.0. The van der Waals surface area contributed by atoms with Gasteiger partial charge in [0.15, 0.2) is 0 Å². The Bertz CT molecular complexity index is 931. The van der Waals surface area contributed by atoms with Gasteiger partial charge in [0.05, 0.1) is 6.61 Å². The summed E-state index contributed by atoms with van der Waals surface area (Å²) < 4.78 is 17.3. The maximum absolute atomic E-state index is 13.6. The molecule has 1 aliphatic carbocycles. The van der Waals surface area contributed by atoms with Crippen molar-refractivity contribution >= 4 is 12.0 Å². The minimum Gasteiger partial charge on any atom is -0.493 e. The predicted molar refractivity (Wildman–Crippen MR) is 137 cm³/mol. The van der Waals surface area contributed by atoms with Gasteiger partial charge < -0.3 is 24.0 Å². The van der Waals surface area contributed by atoms with Crippen molar-refractivity contribution < 1.29 is 23.8 Å². The molecule has 1 aromatic rings. The highest BCUT2D eigenvalue weighted by Crippen LogP contribution is 2.42. The fourth-order valence-electron chi connectivity index (χ4n) is 5.82. The first kappa shape index (κ1) is 25.4. The molecular weight excluding hydrogens is 456 g/mol. The second kappa shape index (κ2) is 10.6. The molecular formula is C29H42N2O5. The molecule has 2 amide bonds. The molecule has 3 saturated heterocycles. The van der Waals surface area contributed by atoms with Crippen LogP contribution in [0.25, 0.3) is 0 Å². The van der Waals surface area contributed by atoms with E-state index in [2.05, 4.69) is 12.1 Å². The number of rotatable bonds is 5. The van der Waals surface area contributed by atoms with E-state index in [0.29, 0.717) is 30.3 Å². The van der Waals surface area contributed by atoms with Gasteiger partial charge in [-0.15, -0.1) is 0 Å². The third-order valence-electron chi connectivity index (χ3n) is 8.11. The van der Waals surface area contributed by atoms with Crippen molar-refractivity contribution in [1.29, 1.82) is 0 Å². The van der Waals surface area contributed by atoms with Crippen molar-refractivity contribution in [2.45, 2.75) is 70.8 Å². The Balaban J connectivity index is 1.21. The van der Waals surface area contributed by atoms with E-state index in [-0.39, 0.29) is 12.0 Å². The van der Waals surface area contributed by atoms with Crippen molar-refractivity contribution in [1.82, 2.24) is 9.80 Å². The Labute approximate surface area is 215 Å². The molecule has 0 radical (unpaired) electrons. The topological polar surface area (TPSA) is 68.3 Å². The lowest BCUT2D eigenvalue weighted by molar-refractivity contribution is 0.0279. The maximum Gasteiger partial charge on any atom is 0.410 e. The Morgan fingerprint density at radius 2 is 1.58 bits per heavy atom. The lowest BCUT2D eigenvalue weighted by Crippen LogP contribution is -2.37. The summed E-state index contributed by atoms with van der Waals surface area (Å²) in [6.45, 7) is 10.9. The molecule has 0 N–H and O–H groups in total. The molecule has 4 aliphatic rings. The number of ether oxygens (including phenoxy) is 3. The number of carbonyl (C=O) groups excluding carboxylic acids is 2. The highest BCUT2D eigenvalue weighted by Gasteiger charge is 2.39. The van der Waals surface area contributed by atoms with Crippen LogP contribution in [0.2, 0.25) is 0 Å². The Morgan fingerprint density at radius 1 is 0.917 bits per heavy atom. The number of hydrogen-bond acceptors (Lipinski definition) is 5. The molecule has 7 nitrogen and oxygen atoms in total. The number of amides is 2. The van der Waals surface area contributed by atoms with Crippen molar-refractivity contribution in [2.75, 3.05) is 46.0 Å². The lowest BCUT2D eigenvalue weighted by Gasteiger charge is -2.26. The standard InChI is InChI=1S/C29H42N2O5/c1-29(2,3)36-28(33)31-17-22-6-10-30(11-7-23(22)18-31)27(32)25-14-24(21-4-5-21)15-26(16-25)35-19-20-8-12-34-13-9-20/h14-16,20-23H,4-13,17-19H2,1-3H3/t22-,23+. The number of likely N-dealkylation sites (tertiary alicyclic amines) is 2. The number of benzene rings is 1. The first-order valence-electron chi connectivity index (χ1n) is 13.9. The van der Waals surface area contributed by atoms with Gasteiger partial charge in [-0.05, 0) is 107 Å². The van der Waals surface area contributed by atoms with Crippen molar-refractivity contribution in [3.05, 3.63) is 29.3 Å². The first-order chi connectivity index (χ1) is 17.2. The minimum atomic E-state index is -0.479. The second-order valence-corrected chi connectivity index (χ2v) is 12.2. The van der Waals surface area contributed by atoms with Gasteiger partial charge in [0.2, 0.25) is 0 Å². The number of nitrogens with zero attached hydrogens (tertiary/aromatic N) is 2.